The maximum Gasteiger partial charge on any atom is 0.313 e. The van der Waals surface area contributed by atoms with Crippen molar-refractivity contribution in [2.24, 2.45) is 0 Å². The molecule has 0 aliphatic carbocycles. The fourth-order valence-electron chi connectivity index (χ4n) is 2.14. The minimum absolute atomic E-state index is 0.0812. The second-order valence-electron chi connectivity index (χ2n) is 5.75. The first-order chi connectivity index (χ1) is 11.5. The van der Waals surface area contributed by atoms with E-state index in [0.717, 1.165) is 11.1 Å². The maximum atomic E-state index is 11.9. The van der Waals surface area contributed by atoms with Crippen molar-refractivity contribution < 1.29 is 14.3 Å². The van der Waals surface area contributed by atoms with Gasteiger partial charge in [-0.1, -0.05) is 24.3 Å². The molecule has 0 aromatic heterocycles. The Balaban J connectivity index is 1.87. The van der Waals surface area contributed by atoms with Gasteiger partial charge < -0.3 is 15.4 Å². The molecule has 2 amide bonds. The molecule has 24 heavy (non-hydrogen) atoms. The summed E-state index contributed by atoms with van der Waals surface area (Å²) in [5.41, 5.74) is 2.59. The number of hydrogen-bond acceptors (Lipinski definition) is 3. The van der Waals surface area contributed by atoms with Gasteiger partial charge in [0, 0.05) is 12.2 Å². The summed E-state index contributed by atoms with van der Waals surface area (Å²) in [6, 6.07) is 14.6. The zero-order chi connectivity index (χ0) is 17.5. The lowest BCUT2D eigenvalue weighted by Crippen LogP contribution is -2.35. The summed E-state index contributed by atoms with van der Waals surface area (Å²) in [4.78, 5) is 23.8. The van der Waals surface area contributed by atoms with E-state index in [2.05, 4.69) is 10.6 Å². The van der Waals surface area contributed by atoms with Gasteiger partial charge in [-0.05, 0) is 56.2 Å². The normalized spacial score (nSPS) is 10.3. The third-order valence-electron chi connectivity index (χ3n) is 3.39. The largest absolute Gasteiger partial charge is 0.491 e. The minimum Gasteiger partial charge on any atom is -0.491 e. The number of ether oxygens (including phenoxy) is 1. The monoisotopic (exact) mass is 326 g/mol. The smallest absolute Gasteiger partial charge is 0.313 e. The number of anilines is 1. The van der Waals surface area contributed by atoms with Crippen LogP contribution < -0.4 is 15.4 Å². The third-order valence-corrected chi connectivity index (χ3v) is 3.39. The highest BCUT2D eigenvalue weighted by molar-refractivity contribution is 6.39. The molecule has 0 fully saturated rings. The van der Waals surface area contributed by atoms with Crippen LogP contribution in [0.5, 0.6) is 5.75 Å². The molecule has 0 saturated carbocycles. The summed E-state index contributed by atoms with van der Waals surface area (Å²) in [5, 5.41) is 5.19. The Morgan fingerprint density at radius 2 is 1.67 bits per heavy atom. The second kappa shape index (κ2) is 8.15. The van der Waals surface area contributed by atoms with E-state index >= 15 is 0 Å². The predicted octanol–water partition coefficient (Wildman–Crippen LogP) is 3.04. The second-order valence-corrected chi connectivity index (χ2v) is 5.75. The van der Waals surface area contributed by atoms with Crippen molar-refractivity contribution in [3.05, 3.63) is 59.7 Å². The number of aryl methyl sites for hydroxylation is 1. The minimum atomic E-state index is -0.693. The van der Waals surface area contributed by atoms with Crippen LogP contribution in [0.15, 0.2) is 48.5 Å². The maximum absolute atomic E-state index is 11.9. The van der Waals surface area contributed by atoms with E-state index in [9.17, 15) is 9.59 Å². The van der Waals surface area contributed by atoms with Gasteiger partial charge in [-0.2, -0.15) is 0 Å². The molecule has 126 valence electrons. The molecule has 0 saturated heterocycles. The van der Waals surface area contributed by atoms with Gasteiger partial charge in [-0.3, -0.25) is 9.59 Å². The van der Waals surface area contributed by atoms with Gasteiger partial charge in [0.25, 0.3) is 0 Å². The molecule has 0 aliphatic heterocycles. The molecular formula is C19H22N2O3. The van der Waals surface area contributed by atoms with Crippen molar-refractivity contribution >= 4 is 17.5 Å². The third kappa shape index (κ3) is 5.12. The number of carbonyl (C=O) groups is 2. The Morgan fingerprint density at radius 1 is 1.00 bits per heavy atom. The summed E-state index contributed by atoms with van der Waals surface area (Å²) in [7, 11) is 0. The fraction of sp³-hybridized carbons (Fsp3) is 0.263. The summed E-state index contributed by atoms with van der Waals surface area (Å²) in [6.45, 7) is 6.16. The molecular weight excluding hydrogens is 304 g/mol. The Kier molecular flexibility index (Phi) is 5.95. The van der Waals surface area contributed by atoms with Crippen molar-refractivity contribution in [1.82, 2.24) is 5.32 Å². The topological polar surface area (TPSA) is 67.4 Å². The summed E-state index contributed by atoms with van der Waals surface area (Å²) >= 11 is 0. The van der Waals surface area contributed by atoms with Gasteiger partial charge in [0.1, 0.15) is 5.75 Å². The van der Waals surface area contributed by atoms with Crippen LogP contribution in [0.2, 0.25) is 0 Å². The van der Waals surface area contributed by atoms with Gasteiger partial charge in [-0.15, -0.1) is 0 Å². The van der Waals surface area contributed by atoms with E-state index in [4.69, 9.17) is 4.74 Å². The molecule has 2 rings (SSSR count). The Hall–Kier alpha value is -2.82. The van der Waals surface area contributed by atoms with E-state index in [1.165, 1.54) is 0 Å². The van der Waals surface area contributed by atoms with E-state index in [0.29, 0.717) is 18.0 Å². The van der Waals surface area contributed by atoms with Crippen molar-refractivity contribution in [2.45, 2.75) is 33.4 Å². The van der Waals surface area contributed by atoms with Crippen LogP contribution in [-0.4, -0.2) is 17.9 Å². The van der Waals surface area contributed by atoms with Crippen LogP contribution in [0, 0.1) is 6.92 Å². The highest BCUT2D eigenvalue weighted by atomic mass is 16.5. The quantitative estimate of drug-likeness (QED) is 0.830. The molecule has 0 heterocycles. The van der Waals surface area contributed by atoms with Crippen LogP contribution >= 0.6 is 0 Å². The summed E-state index contributed by atoms with van der Waals surface area (Å²) in [5.74, 6) is -0.645. The first kappa shape index (κ1) is 17.5. The molecule has 5 nitrogen and oxygen atoms in total. The Morgan fingerprint density at radius 3 is 2.29 bits per heavy atom. The Labute approximate surface area is 142 Å². The van der Waals surface area contributed by atoms with Crippen LogP contribution in [0.1, 0.15) is 25.0 Å². The lowest BCUT2D eigenvalue weighted by atomic mass is 10.1. The van der Waals surface area contributed by atoms with E-state index in [1.807, 2.05) is 45.0 Å². The average Bonchev–Trinajstić information content (AvgIpc) is 2.55. The van der Waals surface area contributed by atoms with E-state index in [1.54, 1.807) is 24.3 Å². The zero-order valence-electron chi connectivity index (χ0n) is 14.1. The molecule has 5 heteroatoms. The van der Waals surface area contributed by atoms with E-state index < -0.39 is 11.8 Å². The first-order valence-corrected chi connectivity index (χ1v) is 7.86. The van der Waals surface area contributed by atoms with Crippen molar-refractivity contribution in [3.63, 3.8) is 0 Å². The SMILES string of the molecule is Cc1ccccc1CNC(=O)C(=O)Nc1ccc(OC(C)C)cc1. The van der Waals surface area contributed by atoms with Crippen LogP contribution in [0.4, 0.5) is 5.69 Å². The van der Waals surface area contributed by atoms with Crippen molar-refractivity contribution in [3.8, 4) is 5.75 Å². The molecule has 0 spiro atoms. The number of nitrogens with one attached hydrogen (secondary N) is 2. The van der Waals surface area contributed by atoms with Gasteiger partial charge in [0.15, 0.2) is 0 Å². The number of hydrogen-bond donors (Lipinski definition) is 2. The molecule has 0 atom stereocenters. The predicted molar refractivity (Wildman–Crippen MR) is 93.9 cm³/mol. The molecule has 0 radical (unpaired) electrons. The molecule has 2 N–H and O–H groups in total. The fourth-order valence-corrected chi connectivity index (χ4v) is 2.14. The molecule has 2 aromatic carbocycles. The Bertz CT molecular complexity index is 709. The first-order valence-electron chi connectivity index (χ1n) is 7.86. The lowest BCUT2D eigenvalue weighted by molar-refractivity contribution is -0.136. The van der Waals surface area contributed by atoms with Gasteiger partial charge >= 0.3 is 11.8 Å². The summed E-state index contributed by atoms with van der Waals surface area (Å²) < 4.78 is 5.53. The van der Waals surface area contributed by atoms with Gasteiger partial charge in [0.2, 0.25) is 0 Å². The number of carbonyl (C=O) groups excluding carboxylic acids is 2. The summed E-state index contributed by atoms with van der Waals surface area (Å²) in [6.07, 6.45) is 0.0812. The lowest BCUT2D eigenvalue weighted by Gasteiger charge is -2.11. The van der Waals surface area contributed by atoms with E-state index in [-0.39, 0.29) is 6.10 Å². The van der Waals surface area contributed by atoms with Crippen molar-refractivity contribution in [1.29, 1.82) is 0 Å². The molecule has 0 bridgehead atoms. The zero-order valence-corrected chi connectivity index (χ0v) is 14.1. The molecule has 0 unspecified atom stereocenters. The molecule has 0 aliphatic rings. The highest BCUT2D eigenvalue weighted by Crippen LogP contribution is 2.16. The average molecular weight is 326 g/mol. The van der Waals surface area contributed by atoms with Gasteiger partial charge in [-0.25, -0.2) is 0 Å². The van der Waals surface area contributed by atoms with Crippen LogP contribution in [-0.2, 0) is 16.1 Å². The number of rotatable bonds is 5. The molecule has 2 aromatic rings. The van der Waals surface area contributed by atoms with Crippen molar-refractivity contribution in [2.75, 3.05) is 5.32 Å². The number of benzene rings is 2. The highest BCUT2D eigenvalue weighted by Gasteiger charge is 2.13. The van der Waals surface area contributed by atoms with Crippen LogP contribution in [0.25, 0.3) is 0 Å². The van der Waals surface area contributed by atoms with Crippen LogP contribution in [0.3, 0.4) is 0 Å². The standard InChI is InChI=1S/C19H22N2O3/c1-13(2)24-17-10-8-16(9-11-17)21-19(23)18(22)20-12-15-7-5-4-6-14(15)3/h4-11,13H,12H2,1-3H3,(H,20,22)(H,21,23). The van der Waals surface area contributed by atoms with Gasteiger partial charge in [0.05, 0.1) is 6.10 Å². The number of amides is 2.